The number of rotatable bonds is 6. The average Bonchev–Trinajstić information content (AvgIpc) is 3.29. The molecule has 1 saturated heterocycles. The van der Waals surface area contributed by atoms with Gasteiger partial charge < -0.3 is 9.73 Å². The van der Waals surface area contributed by atoms with Gasteiger partial charge in [0.15, 0.2) is 11.6 Å². The topological polar surface area (TPSA) is 45.5 Å². The van der Waals surface area contributed by atoms with Crippen LogP contribution in [0.5, 0.6) is 0 Å². The Morgan fingerprint density at radius 1 is 1.03 bits per heavy atom. The van der Waals surface area contributed by atoms with E-state index in [2.05, 4.69) is 22.3 Å². The van der Waals surface area contributed by atoms with Crippen molar-refractivity contribution < 1.29 is 18.0 Å². The molecule has 2 atom stereocenters. The number of hydrogen-bond donors (Lipinski definition) is 1. The molecule has 2 heterocycles. The van der Waals surface area contributed by atoms with E-state index in [1.807, 2.05) is 24.3 Å². The highest BCUT2D eigenvalue weighted by Gasteiger charge is 2.32. The molecule has 1 amide bonds. The quantitative estimate of drug-likeness (QED) is 0.652. The Hall–Kier alpha value is -2.99. The summed E-state index contributed by atoms with van der Waals surface area (Å²) in [5.41, 5.74) is 1.87. The van der Waals surface area contributed by atoms with Gasteiger partial charge in [-0.05, 0) is 47.7 Å². The van der Waals surface area contributed by atoms with E-state index in [1.165, 1.54) is 11.6 Å². The zero-order chi connectivity index (χ0) is 20.9. The van der Waals surface area contributed by atoms with Gasteiger partial charge in [0.2, 0.25) is 5.91 Å². The molecule has 0 saturated carbocycles. The molecule has 0 bridgehead atoms. The Kier molecular flexibility index (Phi) is 6.23. The molecule has 3 aromatic rings. The van der Waals surface area contributed by atoms with Crippen molar-refractivity contribution >= 4 is 5.91 Å². The zero-order valence-corrected chi connectivity index (χ0v) is 16.6. The van der Waals surface area contributed by atoms with Crippen LogP contribution >= 0.6 is 0 Å². The lowest BCUT2D eigenvalue weighted by Gasteiger charge is -2.37. The van der Waals surface area contributed by atoms with Gasteiger partial charge in [-0.15, -0.1) is 0 Å². The monoisotopic (exact) mass is 410 g/mol. The van der Waals surface area contributed by atoms with Crippen LogP contribution in [0.1, 0.15) is 29.2 Å². The predicted molar refractivity (Wildman–Crippen MR) is 109 cm³/mol. The molecule has 1 fully saturated rings. The molecule has 30 heavy (non-hydrogen) atoms. The maximum Gasteiger partial charge on any atom is 0.224 e. The second kappa shape index (κ2) is 9.22. The molecule has 6 heteroatoms. The van der Waals surface area contributed by atoms with Crippen LogP contribution in [-0.4, -0.2) is 23.9 Å². The lowest BCUT2D eigenvalue weighted by molar-refractivity contribution is -0.127. The molecule has 4 rings (SSSR count). The van der Waals surface area contributed by atoms with Crippen molar-refractivity contribution in [2.24, 2.45) is 5.92 Å². The molecular weight excluding hydrogens is 386 g/mol. The van der Waals surface area contributed by atoms with Crippen LogP contribution in [0.2, 0.25) is 0 Å². The Morgan fingerprint density at radius 2 is 1.87 bits per heavy atom. The van der Waals surface area contributed by atoms with Crippen molar-refractivity contribution in [1.29, 1.82) is 0 Å². The minimum Gasteiger partial charge on any atom is -0.467 e. The van der Waals surface area contributed by atoms with Crippen LogP contribution in [0.4, 0.5) is 8.78 Å². The normalized spacial score (nSPS) is 19.5. The van der Waals surface area contributed by atoms with E-state index in [0.29, 0.717) is 31.0 Å². The molecule has 0 aliphatic carbocycles. The first-order valence-corrected chi connectivity index (χ1v) is 10.1. The highest BCUT2D eigenvalue weighted by molar-refractivity contribution is 5.79. The smallest absolute Gasteiger partial charge is 0.224 e. The van der Waals surface area contributed by atoms with Crippen molar-refractivity contribution in [2.75, 3.05) is 13.1 Å². The summed E-state index contributed by atoms with van der Waals surface area (Å²) < 4.78 is 32.2. The van der Waals surface area contributed by atoms with Gasteiger partial charge in [-0.1, -0.05) is 36.4 Å². The molecule has 156 valence electrons. The maximum atomic E-state index is 13.6. The first-order chi connectivity index (χ1) is 14.6. The van der Waals surface area contributed by atoms with Gasteiger partial charge in [0, 0.05) is 19.6 Å². The Morgan fingerprint density at radius 3 is 2.60 bits per heavy atom. The number of carbonyl (C=O) groups excluding carboxylic acids is 1. The number of piperidine rings is 1. The Balaban J connectivity index is 1.49. The summed E-state index contributed by atoms with van der Waals surface area (Å²) in [6.45, 7) is 2.13. The maximum absolute atomic E-state index is 13.6. The summed E-state index contributed by atoms with van der Waals surface area (Å²) in [5.74, 6) is -1.04. The first kappa shape index (κ1) is 20.3. The summed E-state index contributed by atoms with van der Waals surface area (Å²) in [7, 11) is 0. The van der Waals surface area contributed by atoms with Gasteiger partial charge in [-0.25, -0.2) is 8.78 Å². The van der Waals surface area contributed by atoms with Crippen LogP contribution in [0.3, 0.4) is 0 Å². The van der Waals surface area contributed by atoms with Gasteiger partial charge in [0.05, 0.1) is 18.7 Å². The second-order valence-corrected chi connectivity index (χ2v) is 7.78. The molecule has 1 N–H and O–H groups in total. The van der Waals surface area contributed by atoms with Gasteiger partial charge >= 0.3 is 0 Å². The summed E-state index contributed by atoms with van der Waals surface area (Å²) in [6.07, 6.45) is 2.32. The van der Waals surface area contributed by atoms with E-state index in [0.717, 1.165) is 19.0 Å². The van der Waals surface area contributed by atoms with Gasteiger partial charge in [0.1, 0.15) is 5.76 Å². The fourth-order valence-electron chi connectivity index (χ4n) is 4.10. The van der Waals surface area contributed by atoms with Crippen molar-refractivity contribution in [3.8, 4) is 0 Å². The third-order valence-corrected chi connectivity index (χ3v) is 5.58. The standard InChI is InChI=1S/C24H24F2N2O2/c25-22-9-8-17(11-23(22)26)14-28-15-19(18-5-2-1-3-6-18)12-20(16-28)24(29)27-13-21-7-4-10-30-21/h1-11,19-20H,12-16H2,(H,27,29)/t19-,20+/m0/s1. The SMILES string of the molecule is O=C(NCc1ccco1)[C@@H]1C[C@H](c2ccccc2)CN(Cc2ccc(F)c(F)c2)C1. The number of hydrogen-bond acceptors (Lipinski definition) is 3. The van der Waals surface area contributed by atoms with Gasteiger partial charge in [0.25, 0.3) is 0 Å². The summed E-state index contributed by atoms with van der Waals surface area (Å²) in [5, 5.41) is 2.96. The van der Waals surface area contributed by atoms with Crippen LogP contribution in [0.15, 0.2) is 71.3 Å². The lowest BCUT2D eigenvalue weighted by atomic mass is 9.84. The molecule has 1 aliphatic heterocycles. The highest BCUT2D eigenvalue weighted by Crippen LogP contribution is 2.31. The van der Waals surface area contributed by atoms with Crippen molar-refractivity contribution in [3.63, 3.8) is 0 Å². The zero-order valence-electron chi connectivity index (χ0n) is 16.6. The van der Waals surface area contributed by atoms with E-state index in [-0.39, 0.29) is 17.7 Å². The fraction of sp³-hybridized carbons (Fsp3) is 0.292. The van der Waals surface area contributed by atoms with Crippen LogP contribution in [-0.2, 0) is 17.9 Å². The van der Waals surface area contributed by atoms with E-state index >= 15 is 0 Å². The molecule has 4 nitrogen and oxygen atoms in total. The second-order valence-electron chi connectivity index (χ2n) is 7.78. The minimum absolute atomic E-state index is 0.0256. The molecule has 0 radical (unpaired) electrons. The highest BCUT2D eigenvalue weighted by atomic mass is 19.2. The molecular formula is C24H24F2N2O2. The van der Waals surface area contributed by atoms with Crippen LogP contribution in [0, 0.1) is 17.6 Å². The Bertz CT molecular complexity index is 976. The lowest BCUT2D eigenvalue weighted by Crippen LogP contribution is -2.45. The number of amides is 1. The van der Waals surface area contributed by atoms with E-state index in [4.69, 9.17) is 4.42 Å². The summed E-state index contributed by atoms with van der Waals surface area (Å²) in [6, 6.07) is 17.7. The third kappa shape index (κ3) is 4.94. The van der Waals surface area contributed by atoms with Crippen molar-refractivity contribution in [1.82, 2.24) is 10.2 Å². The fourth-order valence-corrected chi connectivity index (χ4v) is 4.10. The molecule has 1 aliphatic rings. The van der Waals surface area contributed by atoms with Gasteiger partial charge in [-0.2, -0.15) is 0 Å². The molecule has 0 spiro atoms. The van der Waals surface area contributed by atoms with Crippen molar-refractivity contribution in [3.05, 3.63) is 95.4 Å². The Labute approximate surface area is 174 Å². The number of halogens is 2. The number of furan rings is 1. The number of likely N-dealkylation sites (tertiary alicyclic amines) is 1. The largest absolute Gasteiger partial charge is 0.467 e. The summed E-state index contributed by atoms with van der Waals surface area (Å²) >= 11 is 0. The first-order valence-electron chi connectivity index (χ1n) is 10.1. The van der Waals surface area contributed by atoms with Gasteiger partial charge in [-0.3, -0.25) is 9.69 Å². The molecule has 0 unspecified atom stereocenters. The van der Waals surface area contributed by atoms with Crippen LogP contribution < -0.4 is 5.32 Å². The number of benzene rings is 2. The third-order valence-electron chi connectivity index (χ3n) is 5.58. The average molecular weight is 410 g/mol. The molecule has 1 aromatic heterocycles. The predicted octanol–water partition coefficient (Wildman–Crippen LogP) is 4.48. The van der Waals surface area contributed by atoms with E-state index < -0.39 is 11.6 Å². The van der Waals surface area contributed by atoms with Crippen LogP contribution in [0.25, 0.3) is 0 Å². The summed E-state index contributed by atoms with van der Waals surface area (Å²) in [4.78, 5) is 15.0. The number of nitrogens with zero attached hydrogens (tertiary/aromatic N) is 1. The van der Waals surface area contributed by atoms with E-state index in [9.17, 15) is 13.6 Å². The number of nitrogens with one attached hydrogen (secondary N) is 1. The van der Waals surface area contributed by atoms with E-state index in [1.54, 1.807) is 18.4 Å². The van der Waals surface area contributed by atoms with Crippen molar-refractivity contribution in [2.45, 2.75) is 25.4 Å². The number of carbonyl (C=O) groups is 1. The minimum atomic E-state index is -0.852. The molecule has 2 aromatic carbocycles.